The van der Waals surface area contributed by atoms with Gasteiger partial charge in [0.15, 0.2) is 11.5 Å². The Morgan fingerprint density at radius 1 is 0.893 bits per heavy atom. The quantitative estimate of drug-likeness (QED) is 0.441. The largest absolute Gasteiger partial charge is 0.337 e. The number of anilines is 2. The van der Waals surface area contributed by atoms with Crippen molar-refractivity contribution >= 4 is 39.0 Å². The molecule has 6 rings (SSSR count). The average Bonchev–Trinajstić information content (AvgIpc) is 3.46. The van der Waals surface area contributed by atoms with Crippen molar-refractivity contribution in [1.82, 2.24) is 34.8 Å². The summed E-state index contributed by atoms with van der Waals surface area (Å²) in [4.78, 5) is 9.29. The first-order chi connectivity index (χ1) is 13.8. The number of nitrogens with zero attached hydrogens (tertiary/aromatic N) is 5. The van der Waals surface area contributed by atoms with Gasteiger partial charge in [0.2, 0.25) is 0 Å². The number of rotatable bonds is 3. The van der Waals surface area contributed by atoms with E-state index in [0.717, 1.165) is 44.4 Å². The van der Waals surface area contributed by atoms with Gasteiger partial charge in [-0.05, 0) is 24.3 Å². The van der Waals surface area contributed by atoms with Crippen molar-refractivity contribution in [2.24, 2.45) is 0 Å². The van der Waals surface area contributed by atoms with Crippen LogP contribution in [-0.2, 0) is 0 Å². The standard InChI is InChI=1S/C20H14N8/c1-2-13-9-22-27-17(13)8-12(1)18-11-28-6-5-21-20(28)19(25-18)24-15-3-4-16-14(7-15)10-23-26-16/h1-11H,(H,22,27)(H,23,26)(H,24,25). The van der Waals surface area contributed by atoms with Gasteiger partial charge in [0.1, 0.15) is 0 Å². The lowest BCUT2D eigenvalue weighted by Gasteiger charge is -2.10. The van der Waals surface area contributed by atoms with Crippen LogP contribution in [0.2, 0.25) is 0 Å². The SMILES string of the molecule is c1cn2cc(-c3ccc4cn[nH]c4c3)nc(Nc3ccc4[nH]ncc4c3)c2n1. The van der Waals surface area contributed by atoms with Crippen molar-refractivity contribution in [2.45, 2.75) is 0 Å². The van der Waals surface area contributed by atoms with Gasteiger partial charge in [-0.3, -0.25) is 10.2 Å². The number of benzene rings is 2. The summed E-state index contributed by atoms with van der Waals surface area (Å²) in [6.45, 7) is 0. The molecule has 0 unspecified atom stereocenters. The number of hydrogen-bond donors (Lipinski definition) is 3. The number of aromatic amines is 2. The minimum atomic E-state index is 0.690. The number of fused-ring (bicyclic) bond motifs is 3. The zero-order valence-electron chi connectivity index (χ0n) is 14.6. The van der Waals surface area contributed by atoms with E-state index in [2.05, 4.69) is 36.8 Å². The van der Waals surface area contributed by atoms with Crippen molar-refractivity contribution in [3.05, 3.63) is 67.4 Å². The molecule has 4 heterocycles. The summed E-state index contributed by atoms with van der Waals surface area (Å²) >= 11 is 0. The maximum atomic E-state index is 4.85. The number of aromatic nitrogens is 7. The van der Waals surface area contributed by atoms with Crippen LogP contribution in [0.5, 0.6) is 0 Å². The van der Waals surface area contributed by atoms with Gasteiger partial charge in [-0.15, -0.1) is 0 Å². The minimum Gasteiger partial charge on any atom is -0.337 e. The Kier molecular flexibility index (Phi) is 3.01. The molecule has 0 saturated carbocycles. The smallest absolute Gasteiger partial charge is 0.180 e. The second kappa shape index (κ2) is 5.65. The summed E-state index contributed by atoms with van der Waals surface area (Å²) in [5, 5.41) is 19.6. The van der Waals surface area contributed by atoms with Crippen LogP contribution < -0.4 is 5.32 Å². The molecular weight excluding hydrogens is 352 g/mol. The van der Waals surface area contributed by atoms with Gasteiger partial charge in [0.05, 0.1) is 29.1 Å². The van der Waals surface area contributed by atoms with Gasteiger partial charge >= 0.3 is 0 Å². The van der Waals surface area contributed by atoms with E-state index in [1.165, 1.54) is 0 Å². The number of H-pyrrole nitrogens is 2. The Morgan fingerprint density at radius 2 is 1.79 bits per heavy atom. The zero-order valence-corrected chi connectivity index (χ0v) is 14.6. The molecule has 8 nitrogen and oxygen atoms in total. The molecule has 0 aliphatic carbocycles. The molecule has 4 aromatic heterocycles. The maximum Gasteiger partial charge on any atom is 0.180 e. The molecule has 0 radical (unpaired) electrons. The molecule has 0 amide bonds. The van der Waals surface area contributed by atoms with Crippen LogP contribution in [0.15, 0.2) is 67.4 Å². The molecule has 134 valence electrons. The Bertz CT molecular complexity index is 1460. The summed E-state index contributed by atoms with van der Waals surface area (Å²) in [6, 6.07) is 12.1. The minimum absolute atomic E-state index is 0.690. The van der Waals surface area contributed by atoms with E-state index in [4.69, 9.17) is 4.98 Å². The van der Waals surface area contributed by atoms with E-state index in [0.29, 0.717) is 5.82 Å². The molecule has 0 atom stereocenters. The lowest BCUT2D eigenvalue weighted by atomic mass is 10.1. The highest BCUT2D eigenvalue weighted by Gasteiger charge is 2.11. The van der Waals surface area contributed by atoms with Gasteiger partial charge in [0, 0.05) is 40.6 Å². The summed E-state index contributed by atoms with van der Waals surface area (Å²) < 4.78 is 1.97. The summed E-state index contributed by atoms with van der Waals surface area (Å²) in [5.41, 5.74) is 5.50. The van der Waals surface area contributed by atoms with E-state index < -0.39 is 0 Å². The van der Waals surface area contributed by atoms with Crippen LogP contribution in [-0.4, -0.2) is 34.8 Å². The second-order valence-corrected chi connectivity index (χ2v) is 6.60. The lowest BCUT2D eigenvalue weighted by Crippen LogP contribution is -2.00. The third kappa shape index (κ3) is 2.32. The van der Waals surface area contributed by atoms with E-state index in [1.54, 1.807) is 12.4 Å². The molecule has 6 aromatic rings. The molecule has 0 saturated heterocycles. The Morgan fingerprint density at radius 3 is 2.75 bits per heavy atom. The molecule has 28 heavy (non-hydrogen) atoms. The summed E-state index contributed by atoms with van der Waals surface area (Å²) in [6.07, 6.45) is 9.27. The van der Waals surface area contributed by atoms with Gasteiger partial charge in [-0.1, -0.05) is 12.1 Å². The predicted molar refractivity (Wildman–Crippen MR) is 107 cm³/mol. The fourth-order valence-corrected chi connectivity index (χ4v) is 3.41. The number of hydrogen-bond acceptors (Lipinski definition) is 5. The van der Waals surface area contributed by atoms with Crippen LogP contribution in [0.4, 0.5) is 11.5 Å². The fourth-order valence-electron chi connectivity index (χ4n) is 3.41. The van der Waals surface area contributed by atoms with Crippen LogP contribution in [0.25, 0.3) is 38.7 Å². The maximum absolute atomic E-state index is 4.85. The van der Waals surface area contributed by atoms with Crippen molar-refractivity contribution < 1.29 is 0 Å². The Hall–Kier alpha value is -4.20. The topological polar surface area (TPSA) is 99.6 Å². The van der Waals surface area contributed by atoms with Crippen LogP contribution in [0.1, 0.15) is 0 Å². The molecule has 0 aliphatic heterocycles. The molecule has 8 heteroatoms. The first-order valence-corrected chi connectivity index (χ1v) is 8.81. The molecule has 2 aromatic carbocycles. The molecule has 3 N–H and O–H groups in total. The highest BCUT2D eigenvalue weighted by molar-refractivity contribution is 5.85. The van der Waals surface area contributed by atoms with Gasteiger partial charge in [-0.25, -0.2) is 9.97 Å². The Labute approximate surface area is 158 Å². The first-order valence-electron chi connectivity index (χ1n) is 8.81. The highest BCUT2D eigenvalue weighted by Crippen LogP contribution is 2.27. The normalized spacial score (nSPS) is 11.6. The van der Waals surface area contributed by atoms with Crippen LogP contribution >= 0.6 is 0 Å². The summed E-state index contributed by atoms with van der Waals surface area (Å²) in [5.74, 6) is 0.690. The number of nitrogens with one attached hydrogen (secondary N) is 3. The lowest BCUT2D eigenvalue weighted by molar-refractivity contribution is 1.12. The van der Waals surface area contributed by atoms with E-state index in [-0.39, 0.29) is 0 Å². The van der Waals surface area contributed by atoms with Crippen molar-refractivity contribution in [2.75, 3.05) is 5.32 Å². The molecular formula is C20H14N8. The van der Waals surface area contributed by atoms with E-state index >= 15 is 0 Å². The van der Waals surface area contributed by atoms with Crippen molar-refractivity contribution in [3.63, 3.8) is 0 Å². The zero-order chi connectivity index (χ0) is 18.5. The first kappa shape index (κ1) is 14.9. The molecule has 0 spiro atoms. The predicted octanol–water partition coefficient (Wildman–Crippen LogP) is 3.89. The molecule has 0 aliphatic rings. The van der Waals surface area contributed by atoms with Crippen LogP contribution in [0.3, 0.4) is 0 Å². The molecule has 0 bridgehead atoms. The summed E-state index contributed by atoms with van der Waals surface area (Å²) in [7, 11) is 0. The second-order valence-electron chi connectivity index (χ2n) is 6.60. The van der Waals surface area contributed by atoms with Crippen molar-refractivity contribution in [3.8, 4) is 11.3 Å². The third-order valence-electron chi connectivity index (χ3n) is 4.81. The highest BCUT2D eigenvalue weighted by atomic mass is 15.1. The Balaban J connectivity index is 1.48. The third-order valence-corrected chi connectivity index (χ3v) is 4.81. The monoisotopic (exact) mass is 366 g/mol. The van der Waals surface area contributed by atoms with E-state index in [1.807, 2.05) is 53.3 Å². The fraction of sp³-hybridized carbons (Fsp3) is 0. The number of imidazole rings is 1. The van der Waals surface area contributed by atoms with Crippen molar-refractivity contribution in [1.29, 1.82) is 0 Å². The van der Waals surface area contributed by atoms with Gasteiger partial charge < -0.3 is 9.72 Å². The average molecular weight is 366 g/mol. The van der Waals surface area contributed by atoms with Crippen LogP contribution in [0, 0.1) is 0 Å². The van der Waals surface area contributed by atoms with Gasteiger partial charge in [-0.2, -0.15) is 10.2 Å². The van der Waals surface area contributed by atoms with Gasteiger partial charge in [0.25, 0.3) is 0 Å². The van der Waals surface area contributed by atoms with E-state index in [9.17, 15) is 0 Å². The molecule has 0 fully saturated rings.